The summed E-state index contributed by atoms with van der Waals surface area (Å²) >= 11 is 0. The lowest BCUT2D eigenvalue weighted by Crippen LogP contribution is -2.04. The summed E-state index contributed by atoms with van der Waals surface area (Å²) in [5.74, 6) is 0. The molecule has 4 aromatic carbocycles. The fourth-order valence-corrected chi connectivity index (χ4v) is 3.28. The fraction of sp³-hybridized carbons (Fsp3) is 0.0714. The average Bonchev–Trinajstić information content (AvgIpc) is 2.86. The minimum absolute atomic E-state index is 0.472. The second-order valence-corrected chi connectivity index (χ2v) is 7.93. The van der Waals surface area contributed by atoms with Crippen molar-refractivity contribution >= 4 is 23.8 Å². The van der Waals surface area contributed by atoms with E-state index in [2.05, 4.69) is 21.1 Å². The summed E-state index contributed by atoms with van der Waals surface area (Å²) in [6.45, 7) is 2.04. The van der Waals surface area contributed by atoms with Gasteiger partial charge in [-0.25, -0.2) is 0 Å². The van der Waals surface area contributed by atoms with Crippen LogP contribution in [0.25, 0.3) is 11.1 Å². The molecular formula is C28H23F3N4. The summed E-state index contributed by atoms with van der Waals surface area (Å²) in [6.07, 6.45) is -0.968. The van der Waals surface area contributed by atoms with E-state index in [0.29, 0.717) is 5.69 Å². The SMILES string of the molecule is Cc1ccc(N/N=C/c2ccc(-c3cccc(/C=N/Nc4ccc(C(F)(F)F)cc4)c3)cc2)cc1. The third kappa shape index (κ3) is 6.80. The van der Waals surface area contributed by atoms with E-state index in [4.69, 9.17) is 0 Å². The lowest BCUT2D eigenvalue weighted by Gasteiger charge is -2.07. The van der Waals surface area contributed by atoms with Crippen molar-refractivity contribution in [2.24, 2.45) is 10.2 Å². The van der Waals surface area contributed by atoms with E-state index in [1.165, 1.54) is 17.7 Å². The van der Waals surface area contributed by atoms with Crippen LogP contribution in [-0.2, 0) is 6.18 Å². The maximum Gasteiger partial charge on any atom is 0.416 e. The van der Waals surface area contributed by atoms with Gasteiger partial charge in [-0.05, 0) is 71.6 Å². The molecule has 0 saturated heterocycles. The van der Waals surface area contributed by atoms with E-state index in [9.17, 15) is 13.2 Å². The highest BCUT2D eigenvalue weighted by Gasteiger charge is 2.29. The van der Waals surface area contributed by atoms with E-state index in [1.54, 1.807) is 12.4 Å². The molecule has 176 valence electrons. The number of rotatable bonds is 7. The largest absolute Gasteiger partial charge is 0.416 e. The van der Waals surface area contributed by atoms with Gasteiger partial charge < -0.3 is 0 Å². The van der Waals surface area contributed by atoms with Crippen molar-refractivity contribution < 1.29 is 13.2 Å². The molecule has 0 unspecified atom stereocenters. The van der Waals surface area contributed by atoms with Crippen LogP contribution in [0.4, 0.5) is 24.5 Å². The number of aryl methyl sites for hydroxylation is 1. The highest BCUT2D eigenvalue weighted by atomic mass is 19.4. The topological polar surface area (TPSA) is 48.8 Å². The molecule has 0 atom stereocenters. The highest BCUT2D eigenvalue weighted by Crippen LogP contribution is 2.29. The van der Waals surface area contributed by atoms with Gasteiger partial charge in [0.1, 0.15) is 0 Å². The Labute approximate surface area is 201 Å². The zero-order chi connectivity index (χ0) is 24.7. The number of nitrogens with one attached hydrogen (secondary N) is 2. The highest BCUT2D eigenvalue weighted by molar-refractivity contribution is 5.84. The molecule has 0 fully saturated rings. The van der Waals surface area contributed by atoms with Crippen LogP contribution in [0, 0.1) is 6.92 Å². The summed E-state index contributed by atoms with van der Waals surface area (Å²) in [6, 6.07) is 28.6. The average molecular weight is 473 g/mol. The maximum absolute atomic E-state index is 12.7. The van der Waals surface area contributed by atoms with Gasteiger partial charge >= 0.3 is 6.18 Å². The molecule has 0 bridgehead atoms. The number of nitrogens with zero attached hydrogens (tertiary/aromatic N) is 2. The molecule has 0 heterocycles. The number of hydrogen-bond donors (Lipinski definition) is 2. The third-order valence-corrected chi connectivity index (χ3v) is 5.21. The second kappa shape index (κ2) is 10.7. The van der Waals surface area contributed by atoms with Gasteiger partial charge in [-0.1, -0.05) is 60.2 Å². The first-order valence-electron chi connectivity index (χ1n) is 10.9. The predicted octanol–water partition coefficient (Wildman–Crippen LogP) is 7.57. The first kappa shape index (κ1) is 23.8. The van der Waals surface area contributed by atoms with Crippen molar-refractivity contribution in [3.05, 3.63) is 119 Å². The third-order valence-electron chi connectivity index (χ3n) is 5.21. The Balaban J connectivity index is 1.36. The van der Waals surface area contributed by atoms with Crippen molar-refractivity contribution in [2.75, 3.05) is 10.9 Å². The lowest BCUT2D eigenvalue weighted by molar-refractivity contribution is -0.137. The first-order valence-corrected chi connectivity index (χ1v) is 10.9. The van der Waals surface area contributed by atoms with Gasteiger partial charge in [-0.15, -0.1) is 0 Å². The molecule has 35 heavy (non-hydrogen) atoms. The predicted molar refractivity (Wildman–Crippen MR) is 137 cm³/mol. The van der Waals surface area contributed by atoms with E-state index in [1.807, 2.05) is 79.7 Å². The fourth-order valence-electron chi connectivity index (χ4n) is 3.28. The Morgan fingerprint density at radius 3 is 1.80 bits per heavy atom. The molecule has 0 aliphatic rings. The number of benzene rings is 4. The summed E-state index contributed by atoms with van der Waals surface area (Å²) in [5.41, 5.74) is 11.5. The van der Waals surface area contributed by atoms with Crippen LogP contribution < -0.4 is 10.9 Å². The minimum Gasteiger partial charge on any atom is -0.279 e. The lowest BCUT2D eigenvalue weighted by atomic mass is 10.0. The maximum atomic E-state index is 12.7. The number of alkyl halides is 3. The molecule has 7 heteroatoms. The van der Waals surface area contributed by atoms with Crippen LogP contribution >= 0.6 is 0 Å². The summed E-state index contributed by atoms with van der Waals surface area (Å²) in [7, 11) is 0. The van der Waals surface area contributed by atoms with Crippen LogP contribution in [0.5, 0.6) is 0 Å². The van der Waals surface area contributed by atoms with E-state index in [-0.39, 0.29) is 0 Å². The van der Waals surface area contributed by atoms with E-state index >= 15 is 0 Å². The normalized spacial score (nSPS) is 11.8. The van der Waals surface area contributed by atoms with Gasteiger partial charge in [0, 0.05) is 0 Å². The Morgan fingerprint density at radius 2 is 1.20 bits per heavy atom. The molecule has 0 saturated carbocycles. The molecule has 0 radical (unpaired) electrons. The summed E-state index contributed by atoms with van der Waals surface area (Å²) in [4.78, 5) is 0. The summed E-state index contributed by atoms with van der Waals surface area (Å²) < 4.78 is 38.0. The molecule has 2 N–H and O–H groups in total. The number of hydrogen-bond acceptors (Lipinski definition) is 4. The number of hydrazone groups is 2. The standard InChI is InChI=1S/C28H23F3N4/c1-20-5-13-26(14-6-20)34-32-18-21-7-9-23(10-8-21)24-4-2-3-22(17-24)19-33-35-27-15-11-25(12-16-27)28(29,30)31/h2-19,34-35H,1H3/b32-18+,33-19+. The van der Waals surface area contributed by atoms with Gasteiger partial charge in [-0.2, -0.15) is 23.4 Å². The van der Waals surface area contributed by atoms with Crippen molar-refractivity contribution in [1.29, 1.82) is 0 Å². The molecule has 0 aliphatic heterocycles. The molecule has 4 aromatic rings. The Hall–Kier alpha value is -4.39. The smallest absolute Gasteiger partial charge is 0.279 e. The zero-order valence-electron chi connectivity index (χ0n) is 18.9. The molecule has 0 aromatic heterocycles. The van der Waals surface area contributed by atoms with Crippen LogP contribution in [-0.4, -0.2) is 12.4 Å². The van der Waals surface area contributed by atoms with Crippen molar-refractivity contribution in [3.63, 3.8) is 0 Å². The Morgan fingerprint density at radius 1 is 0.629 bits per heavy atom. The molecule has 0 amide bonds. The van der Waals surface area contributed by atoms with Crippen LogP contribution in [0.15, 0.2) is 107 Å². The van der Waals surface area contributed by atoms with Gasteiger partial charge in [0.25, 0.3) is 0 Å². The van der Waals surface area contributed by atoms with Gasteiger partial charge in [0.05, 0.1) is 29.4 Å². The van der Waals surface area contributed by atoms with Crippen LogP contribution in [0.3, 0.4) is 0 Å². The molecule has 4 nitrogen and oxygen atoms in total. The van der Waals surface area contributed by atoms with Crippen LogP contribution in [0.2, 0.25) is 0 Å². The van der Waals surface area contributed by atoms with Crippen molar-refractivity contribution in [3.8, 4) is 11.1 Å². The number of halogens is 3. The van der Waals surface area contributed by atoms with Crippen molar-refractivity contribution in [2.45, 2.75) is 13.1 Å². The Bertz CT molecular complexity index is 1310. The van der Waals surface area contributed by atoms with Gasteiger partial charge in [-0.3, -0.25) is 10.9 Å². The van der Waals surface area contributed by atoms with E-state index in [0.717, 1.165) is 40.1 Å². The molecule has 0 aliphatic carbocycles. The monoisotopic (exact) mass is 472 g/mol. The number of anilines is 2. The Kier molecular flexibility index (Phi) is 7.26. The van der Waals surface area contributed by atoms with Crippen molar-refractivity contribution in [1.82, 2.24) is 0 Å². The molecule has 4 rings (SSSR count). The molecule has 0 spiro atoms. The second-order valence-electron chi connectivity index (χ2n) is 7.93. The van der Waals surface area contributed by atoms with Crippen LogP contribution in [0.1, 0.15) is 22.3 Å². The summed E-state index contributed by atoms with van der Waals surface area (Å²) in [5, 5.41) is 8.41. The van der Waals surface area contributed by atoms with Gasteiger partial charge in [0.2, 0.25) is 0 Å². The van der Waals surface area contributed by atoms with Gasteiger partial charge in [0.15, 0.2) is 0 Å². The van der Waals surface area contributed by atoms with E-state index < -0.39 is 11.7 Å². The minimum atomic E-state index is -4.36. The first-order chi connectivity index (χ1) is 16.9. The quantitative estimate of drug-likeness (QED) is 0.215. The zero-order valence-corrected chi connectivity index (χ0v) is 18.9. The molecular weight excluding hydrogens is 449 g/mol.